The maximum Gasteiger partial charge on any atom is 0.164 e. The number of hydrogen-bond acceptors (Lipinski definition) is 5. The normalized spacial score (nSPS) is 19.2. The molecule has 0 aliphatic carbocycles. The van der Waals surface area contributed by atoms with Gasteiger partial charge in [-0.05, 0) is 6.92 Å². The van der Waals surface area contributed by atoms with Crippen molar-refractivity contribution in [2.24, 2.45) is 0 Å². The molecule has 1 aliphatic rings. The molecule has 1 unspecified atom stereocenters. The van der Waals surface area contributed by atoms with Crippen molar-refractivity contribution in [2.75, 3.05) is 19.8 Å². The first-order chi connectivity index (χ1) is 10.7. The van der Waals surface area contributed by atoms with Gasteiger partial charge in [-0.1, -0.05) is 30.3 Å². The van der Waals surface area contributed by atoms with Crippen molar-refractivity contribution in [1.29, 1.82) is 0 Å². The molecule has 0 spiro atoms. The summed E-state index contributed by atoms with van der Waals surface area (Å²) in [5, 5.41) is 3.18. The second kappa shape index (κ2) is 7.13. The highest BCUT2D eigenvalue weighted by Gasteiger charge is 2.26. The molecular weight excluding hydrogens is 296 g/mol. The van der Waals surface area contributed by atoms with Crippen molar-refractivity contribution in [3.8, 4) is 0 Å². The molecule has 1 saturated heterocycles. The van der Waals surface area contributed by atoms with Gasteiger partial charge in [0.15, 0.2) is 5.78 Å². The second-order valence-electron chi connectivity index (χ2n) is 5.58. The largest absolute Gasteiger partial charge is 0.378 e. The van der Waals surface area contributed by atoms with Crippen molar-refractivity contribution in [3.05, 3.63) is 52.0 Å². The van der Waals surface area contributed by atoms with Crippen LogP contribution in [0.4, 0.5) is 0 Å². The molecule has 0 amide bonds. The van der Waals surface area contributed by atoms with Crippen molar-refractivity contribution in [1.82, 2.24) is 9.88 Å². The molecule has 1 aromatic heterocycles. The number of ether oxygens (including phenoxy) is 1. The van der Waals surface area contributed by atoms with Crippen molar-refractivity contribution in [2.45, 2.75) is 25.9 Å². The maximum atomic E-state index is 12.4. The van der Waals surface area contributed by atoms with Crippen molar-refractivity contribution in [3.63, 3.8) is 0 Å². The molecule has 0 radical (unpaired) electrons. The third kappa shape index (κ3) is 3.80. The van der Waals surface area contributed by atoms with Crippen LogP contribution < -0.4 is 0 Å². The van der Waals surface area contributed by atoms with Crippen LogP contribution in [0.15, 0.2) is 35.7 Å². The number of morpholine rings is 1. The Bertz CT molecular complexity index is 627. The lowest BCUT2D eigenvalue weighted by molar-refractivity contribution is -0.0126. The zero-order valence-electron chi connectivity index (χ0n) is 12.7. The van der Waals surface area contributed by atoms with Crippen LogP contribution in [0.1, 0.15) is 27.5 Å². The van der Waals surface area contributed by atoms with Gasteiger partial charge in [-0.15, -0.1) is 11.3 Å². The fraction of sp³-hybridized carbons (Fsp3) is 0.412. The molecule has 1 fully saturated rings. The topological polar surface area (TPSA) is 42.4 Å². The third-order valence-corrected chi connectivity index (χ3v) is 4.82. The van der Waals surface area contributed by atoms with E-state index in [1.54, 1.807) is 11.3 Å². The summed E-state index contributed by atoms with van der Waals surface area (Å²) in [4.78, 5) is 19.3. The highest BCUT2D eigenvalue weighted by Crippen LogP contribution is 2.19. The van der Waals surface area contributed by atoms with Gasteiger partial charge in [0, 0.05) is 35.6 Å². The standard InChI is InChI=1S/C17H20N2O2S/c1-13-12-22-17(18-13)10-19-7-8-21-11-15(19)9-16(20)14-5-3-2-4-6-14/h2-6,12,15H,7-11H2,1H3. The summed E-state index contributed by atoms with van der Waals surface area (Å²) in [6.07, 6.45) is 0.494. The first-order valence-corrected chi connectivity index (χ1v) is 8.41. The summed E-state index contributed by atoms with van der Waals surface area (Å²) < 4.78 is 5.58. The summed E-state index contributed by atoms with van der Waals surface area (Å²) >= 11 is 1.68. The van der Waals surface area contributed by atoms with Gasteiger partial charge < -0.3 is 4.74 Å². The molecule has 116 valence electrons. The number of hydrogen-bond donors (Lipinski definition) is 0. The van der Waals surface area contributed by atoms with Gasteiger partial charge in [-0.25, -0.2) is 4.98 Å². The van der Waals surface area contributed by atoms with Crippen LogP contribution in [-0.4, -0.2) is 41.5 Å². The average molecular weight is 316 g/mol. The van der Waals surface area contributed by atoms with Crippen LogP contribution in [0, 0.1) is 6.92 Å². The molecule has 0 N–H and O–H groups in total. The molecule has 1 aromatic carbocycles. The third-order valence-electron chi connectivity index (χ3n) is 3.87. The van der Waals surface area contributed by atoms with E-state index in [0.717, 1.165) is 36.0 Å². The van der Waals surface area contributed by atoms with E-state index in [-0.39, 0.29) is 11.8 Å². The van der Waals surface area contributed by atoms with E-state index >= 15 is 0 Å². The quantitative estimate of drug-likeness (QED) is 0.796. The number of aryl methyl sites for hydroxylation is 1. The smallest absolute Gasteiger partial charge is 0.164 e. The molecule has 2 aromatic rings. The van der Waals surface area contributed by atoms with Gasteiger partial charge in [0.25, 0.3) is 0 Å². The van der Waals surface area contributed by atoms with E-state index in [4.69, 9.17) is 4.74 Å². The SMILES string of the molecule is Cc1csc(CN2CCOCC2CC(=O)c2ccccc2)n1. The predicted molar refractivity (Wildman–Crippen MR) is 87.3 cm³/mol. The number of thiazole rings is 1. The van der Waals surface area contributed by atoms with Crippen LogP contribution in [-0.2, 0) is 11.3 Å². The minimum Gasteiger partial charge on any atom is -0.378 e. The number of carbonyl (C=O) groups excluding carboxylic acids is 1. The highest BCUT2D eigenvalue weighted by atomic mass is 32.1. The lowest BCUT2D eigenvalue weighted by Gasteiger charge is -2.34. The molecule has 0 bridgehead atoms. The van der Waals surface area contributed by atoms with Gasteiger partial charge in [-0.3, -0.25) is 9.69 Å². The number of nitrogens with zero attached hydrogens (tertiary/aromatic N) is 2. The number of aromatic nitrogens is 1. The van der Waals surface area contributed by atoms with Crippen LogP contribution in [0.3, 0.4) is 0 Å². The van der Waals surface area contributed by atoms with Gasteiger partial charge in [0.05, 0.1) is 19.8 Å². The van der Waals surface area contributed by atoms with E-state index in [9.17, 15) is 4.79 Å². The average Bonchev–Trinajstić information content (AvgIpc) is 2.95. The van der Waals surface area contributed by atoms with Crippen molar-refractivity contribution >= 4 is 17.1 Å². The molecular formula is C17H20N2O2S. The Morgan fingerprint density at radius 1 is 1.41 bits per heavy atom. The lowest BCUT2D eigenvalue weighted by atomic mass is 10.0. The Morgan fingerprint density at radius 3 is 2.95 bits per heavy atom. The number of carbonyl (C=O) groups is 1. The minimum absolute atomic E-state index is 0.130. The summed E-state index contributed by atoms with van der Waals surface area (Å²) in [7, 11) is 0. The number of benzene rings is 1. The minimum atomic E-state index is 0.130. The summed E-state index contributed by atoms with van der Waals surface area (Å²) in [6, 6.07) is 9.62. The zero-order chi connectivity index (χ0) is 15.4. The van der Waals surface area contributed by atoms with Gasteiger partial charge in [-0.2, -0.15) is 0 Å². The number of rotatable bonds is 5. The number of ketones is 1. The molecule has 2 heterocycles. The van der Waals surface area contributed by atoms with Crippen LogP contribution in [0.5, 0.6) is 0 Å². The lowest BCUT2D eigenvalue weighted by Crippen LogP contribution is -2.45. The molecule has 3 rings (SSSR count). The Balaban J connectivity index is 1.66. The molecule has 5 heteroatoms. The van der Waals surface area contributed by atoms with Crippen LogP contribution in [0.2, 0.25) is 0 Å². The van der Waals surface area contributed by atoms with Crippen molar-refractivity contribution < 1.29 is 9.53 Å². The van der Waals surface area contributed by atoms with Crippen LogP contribution in [0.25, 0.3) is 0 Å². The summed E-state index contributed by atoms with van der Waals surface area (Å²) in [5.74, 6) is 0.177. The second-order valence-corrected chi connectivity index (χ2v) is 6.52. The van der Waals surface area contributed by atoms with E-state index in [2.05, 4.69) is 15.3 Å². The summed E-state index contributed by atoms with van der Waals surface area (Å²) in [6.45, 7) is 5.00. The molecule has 4 nitrogen and oxygen atoms in total. The van der Waals surface area contributed by atoms with E-state index < -0.39 is 0 Å². The molecule has 1 atom stereocenters. The Labute approximate surface area is 134 Å². The monoisotopic (exact) mass is 316 g/mol. The Kier molecular flexibility index (Phi) is 4.97. The fourth-order valence-corrected chi connectivity index (χ4v) is 3.49. The summed E-state index contributed by atoms with van der Waals surface area (Å²) in [5.41, 5.74) is 1.84. The van der Waals surface area contributed by atoms with Gasteiger partial charge >= 0.3 is 0 Å². The zero-order valence-corrected chi connectivity index (χ0v) is 13.5. The van der Waals surface area contributed by atoms with Gasteiger partial charge in [0.2, 0.25) is 0 Å². The first kappa shape index (κ1) is 15.3. The molecule has 1 aliphatic heterocycles. The van der Waals surface area contributed by atoms with Gasteiger partial charge in [0.1, 0.15) is 5.01 Å². The number of Topliss-reactive ketones (excluding diaryl/α,β-unsaturated/α-hetero) is 1. The molecule has 0 saturated carbocycles. The Morgan fingerprint density at radius 2 is 2.23 bits per heavy atom. The van der Waals surface area contributed by atoms with E-state index in [1.165, 1.54) is 0 Å². The van der Waals surface area contributed by atoms with E-state index in [1.807, 2.05) is 37.3 Å². The maximum absolute atomic E-state index is 12.4. The Hall–Kier alpha value is -1.56. The molecule has 22 heavy (non-hydrogen) atoms. The van der Waals surface area contributed by atoms with E-state index in [0.29, 0.717) is 13.0 Å². The van der Waals surface area contributed by atoms with Crippen LogP contribution >= 0.6 is 11.3 Å². The fourth-order valence-electron chi connectivity index (χ4n) is 2.69. The first-order valence-electron chi connectivity index (χ1n) is 7.53. The predicted octanol–water partition coefficient (Wildman–Crippen LogP) is 2.93. The highest BCUT2D eigenvalue weighted by molar-refractivity contribution is 7.09.